The van der Waals surface area contributed by atoms with E-state index in [1.807, 2.05) is 36.6 Å². The molecular weight excluding hydrogens is 243 g/mol. The summed E-state index contributed by atoms with van der Waals surface area (Å²) in [6, 6.07) is 0. The van der Waals surface area contributed by atoms with E-state index in [0.717, 1.165) is 0 Å². The third kappa shape index (κ3) is 24.5. The smallest absolute Gasteiger partial charge is 1.00 e. The summed E-state index contributed by atoms with van der Waals surface area (Å²) in [5.41, 5.74) is 0. The van der Waals surface area contributed by atoms with Crippen LogP contribution in [-0.4, -0.2) is 6.10 Å². The Balaban J connectivity index is -0.0000000506. The molecule has 0 saturated heterocycles. The van der Waals surface area contributed by atoms with E-state index in [9.17, 15) is 5.11 Å². The van der Waals surface area contributed by atoms with Crippen molar-refractivity contribution in [3.05, 3.63) is 30.7 Å². The van der Waals surface area contributed by atoms with Crippen LogP contribution in [-0.2, 0) is 21.7 Å². The molecule has 2 radical (unpaired) electrons. The van der Waals surface area contributed by atoms with Gasteiger partial charge in [-0.1, -0.05) is 37.3 Å². The summed E-state index contributed by atoms with van der Waals surface area (Å²) in [5, 5.41) is 9.66. The van der Waals surface area contributed by atoms with Gasteiger partial charge in [-0.2, -0.15) is 0 Å². The Kier molecular flexibility index (Phi) is 32.5. The van der Waals surface area contributed by atoms with Gasteiger partial charge in [0.25, 0.3) is 0 Å². The molecule has 0 aromatic rings. The average Bonchev–Trinajstić information content (AvgIpc) is 2.43. The van der Waals surface area contributed by atoms with Gasteiger partial charge < -0.3 is 29.9 Å². The molecule has 0 aromatic carbocycles. The van der Waals surface area contributed by atoms with Gasteiger partial charge in [-0.05, 0) is 0 Å². The van der Waals surface area contributed by atoms with E-state index in [2.05, 4.69) is 6.42 Å². The monoisotopic (exact) mass is 252 g/mol. The Morgan fingerprint density at radius 1 is 1.15 bits per heavy atom. The van der Waals surface area contributed by atoms with E-state index in [1.165, 1.54) is 6.92 Å². The summed E-state index contributed by atoms with van der Waals surface area (Å²) in [5.74, 6) is 1.97. The number of halogens is 2. The minimum absolute atomic E-state index is 0. The van der Waals surface area contributed by atoms with Crippen LogP contribution in [0.2, 0.25) is 0 Å². The summed E-state index contributed by atoms with van der Waals surface area (Å²) < 4.78 is 0. The van der Waals surface area contributed by atoms with Gasteiger partial charge in [-0.3, -0.25) is 0 Å². The summed E-state index contributed by atoms with van der Waals surface area (Å²) in [7, 11) is 0. The first-order chi connectivity index (χ1) is 4.77. The number of terminal acetylenes is 1. The van der Waals surface area contributed by atoms with E-state index in [-0.39, 0.29) is 46.5 Å². The van der Waals surface area contributed by atoms with Crippen molar-refractivity contribution in [2.45, 2.75) is 13.0 Å². The maximum Gasteiger partial charge on any atom is 3.00 e. The fraction of sp³-hybridized carbons (Fsp3) is 0.222. The van der Waals surface area contributed by atoms with Gasteiger partial charge in [0.15, 0.2) is 0 Å². The summed E-state index contributed by atoms with van der Waals surface area (Å²) >= 11 is 0. The van der Waals surface area contributed by atoms with E-state index in [1.54, 1.807) is 0 Å². The first-order valence-corrected chi connectivity index (χ1v) is 3.06. The SMILES string of the molecule is C#C[C@@H](C)[O-].[CH]1C=CC=C1.[Cl-].[Cl-].[Ti+3]. The number of rotatable bonds is 0. The topological polar surface area (TPSA) is 23.1 Å². The largest absolute Gasteiger partial charge is 3.00 e. The van der Waals surface area contributed by atoms with Crippen LogP contribution in [0.5, 0.6) is 0 Å². The predicted octanol–water partition coefficient (Wildman–Crippen LogP) is -5.31. The average molecular weight is 253 g/mol. The quantitative estimate of drug-likeness (QED) is 0.312. The molecule has 1 atom stereocenters. The molecule has 0 unspecified atom stereocenters. The molecule has 0 saturated carbocycles. The molecule has 4 heteroatoms. The van der Waals surface area contributed by atoms with Gasteiger partial charge in [0.05, 0.1) is 0 Å². The second-order valence-electron chi connectivity index (χ2n) is 1.77. The van der Waals surface area contributed by atoms with Gasteiger partial charge in [-0.25, -0.2) is 0 Å². The Morgan fingerprint density at radius 3 is 1.54 bits per heavy atom. The van der Waals surface area contributed by atoms with Crippen molar-refractivity contribution in [3.63, 3.8) is 0 Å². The van der Waals surface area contributed by atoms with Crippen LogP contribution in [0.15, 0.2) is 24.3 Å². The van der Waals surface area contributed by atoms with Crippen molar-refractivity contribution < 1.29 is 51.6 Å². The summed E-state index contributed by atoms with van der Waals surface area (Å²) in [6.07, 6.45) is 13.8. The van der Waals surface area contributed by atoms with Gasteiger partial charge in [-0.15, -0.1) is 12.3 Å². The Hall–Kier alpha value is 0.294. The fourth-order valence-electron chi connectivity index (χ4n) is 0.321. The zero-order chi connectivity index (χ0) is 7.82. The summed E-state index contributed by atoms with van der Waals surface area (Å²) in [4.78, 5) is 0. The number of allylic oxidation sites excluding steroid dienone is 4. The minimum Gasteiger partial charge on any atom is -1.00 e. The Morgan fingerprint density at radius 2 is 1.46 bits per heavy atom. The van der Waals surface area contributed by atoms with E-state index in [0.29, 0.717) is 0 Å². The fourth-order valence-corrected chi connectivity index (χ4v) is 0.321. The Labute approximate surface area is 107 Å². The molecule has 70 valence electrons. The molecule has 0 fully saturated rings. The van der Waals surface area contributed by atoms with E-state index < -0.39 is 6.10 Å². The maximum atomic E-state index is 9.66. The Bertz CT molecular complexity index is 161. The van der Waals surface area contributed by atoms with Crippen LogP contribution >= 0.6 is 0 Å². The summed E-state index contributed by atoms with van der Waals surface area (Å²) in [6.45, 7) is 1.43. The third-order valence-corrected chi connectivity index (χ3v) is 0.790. The molecule has 0 bridgehead atoms. The normalized spacial score (nSPS) is 11.8. The first kappa shape index (κ1) is 23.3. The standard InChI is InChI=1S/C5H5.C4H5O.2ClH.Ti/c1-2-4-5-3-1;1-3-4(2)5;;;/h1-5H;1,4H,2H3;2*1H;/q;-1;;;+3/p-2/t;4-;;;/m.1.../s1. The molecule has 0 N–H and O–H groups in total. The molecule has 0 spiro atoms. The molecule has 0 amide bonds. The zero-order valence-corrected chi connectivity index (χ0v) is 10.3. The van der Waals surface area contributed by atoms with E-state index >= 15 is 0 Å². The molecule has 1 rings (SSSR count). The van der Waals surface area contributed by atoms with Crippen LogP contribution in [0.25, 0.3) is 0 Å². The van der Waals surface area contributed by atoms with E-state index in [4.69, 9.17) is 0 Å². The molecule has 0 heterocycles. The van der Waals surface area contributed by atoms with Gasteiger partial charge in [0, 0.05) is 6.42 Å². The van der Waals surface area contributed by atoms with Crippen LogP contribution in [0.4, 0.5) is 0 Å². The maximum absolute atomic E-state index is 9.66. The first-order valence-electron chi connectivity index (χ1n) is 3.06. The number of hydrogen-bond acceptors (Lipinski definition) is 1. The van der Waals surface area contributed by atoms with Crippen LogP contribution in [0.1, 0.15) is 6.92 Å². The van der Waals surface area contributed by atoms with Crippen molar-refractivity contribution in [1.29, 1.82) is 0 Å². The van der Waals surface area contributed by atoms with Crippen LogP contribution in [0.3, 0.4) is 0 Å². The molecule has 1 aliphatic rings. The van der Waals surface area contributed by atoms with Crippen molar-refractivity contribution in [2.24, 2.45) is 0 Å². The van der Waals surface area contributed by atoms with Crippen molar-refractivity contribution in [1.82, 2.24) is 0 Å². The number of hydrogen-bond donors (Lipinski definition) is 0. The predicted molar refractivity (Wildman–Crippen MR) is 40.9 cm³/mol. The van der Waals surface area contributed by atoms with Crippen LogP contribution < -0.4 is 29.9 Å². The van der Waals surface area contributed by atoms with Crippen molar-refractivity contribution in [3.8, 4) is 12.3 Å². The zero-order valence-electron chi connectivity index (χ0n) is 7.21. The van der Waals surface area contributed by atoms with Gasteiger partial charge >= 0.3 is 21.7 Å². The molecule has 0 aliphatic heterocycles. The van der Waals surface area contributed by atoms with Gasteiger partial charge in [0.2, 0.25) is 0 Å². The molecular formula is C9H10Cl2OTi. The third-order valence-electron chi connectivity index (χ3n) is 0.790. The molecule has 1 nitrogen and oxygen atoms in total. The minimum atomic E-state index is -0.838. The second-order valence-corrected chi connectivity index (χ2v) is 1.77. The molecule has 1 aliphatic carbocycles. The molecule has 0 aromatic heterocycles. The second kappa shape index (κ2) is 18.2. The van der Waals surface area contributed by atoms with Gasteiger partial charge in [0.1, 0.15) is 0 Å². The molecule has 13 heavy (non-hydrogen) atoms. The van der Waals surface area contributed by atoms with Crippen LogP contribution in [0, 0.1) is 18.8 Å². The van der Waals surface area contributed by atoms with Crippen molar-refractivity contribution in [2.75, 3.05) is 0 Å². The van der Waals surface area contributed by atoms with Crippen molar-refractivity contribution >= 4 is 0 Å².